The van der Waals surface area contributed by atoms with Crippen molar-refractivity contribution in [3.8, 4) is 6.07 Å². The first kappa shape index (κ1) is 14.7. The summed E-state index contributed by atoms with van der Waals surface area (Å²) in [6, 6.07) is 7.56. The first-order valence-electron chi connectivity index (χ1n) is 5.95. The number of benzene rings is 1. The smallest absolute Gasteiger partial charge is 0.261 e. The lowest BCUT2D eigenvalue weighted by atomic mass is 10.2. The Morgan fingerprint density at radius 3 is 2.19 bits per heavy atom. The molecule has 0 saturated heterocycles. The monoisotopic (exact) mass is 303 g/mol. The second-order valence-corrected chi connectivity index (χ2v) is 6.09. The van der Waals surface area contributed by atoms with Crippen molar-refractivity contribution in [2.45, 2.75) is 4.90 Å². The molecule has 0 bridgehead atoms. The molecule has 0 amide bonds. The van der Waals surface area contributed by atoms with E-state index in [1.165, 1.54) is 36.7 Å². The van der Waals surface area contributed by atoms with Crippen LogP contribution in [0.1, 0.15) is 5.56 Å². The fraction of sp³-hybridized carbons (Fsp3) is 0.154. The van der Waals surface area contributed by atoms with Gasteiger partial charge < -0.3 is 4.90 Å². The van der Waals surface area contributed by atoms with Crippen LogP contribution in [0.25, 0.3) is 0 Å². The van der Waals surface area contributed by atoms with E-state index in [2.05, 4.69) is 14.7 Å². The van der Waals surface area contributed by atoms with Crippen molar-refractivity contribution in [2.24, 2.45) is 0 Å². The maximum atomic E-state index is 12.2. The largest absolute Gasteiger partial charge is 0.347 e. The van der Waals surface area contributed by atoms with Crippen LogP contribution in [-0.4, -0.2) is 32.5 Å². The minimum Gasteiger partial charge on any atom is -0.347 e. The topological polar surface area (TPSA) is 99.0 Å². The fourth-order valence-corrected chi connectivity index (χ4v) is 2.56. The molecule has 0 fully saturated rings. The second-order valence-electron chi connectivity index (χ2n) is 4.41. The quantitative estimate of drug-likeness (QED) is 0.911. The summed E-state index contributed by atoms with van der Waals surface area (Å²) in [5.41, 5.74) is 0.664. The second kappa shape index (κ2) is 5.76. The molecule has 7 nitrogen and oxygen atoms in total. The Hall–Kier alpha value is -2.66. The molecule has 0 spiro atoms. The Morgan fingerprint density at radius 1 is 1.14 bits per heavy atom. The average Bonchev–Trinajstić information content (AvgIpc) is 2.47. The van der Waals surface area contributed by atoms with Crippen LogP contribution in [0.15, 0.2) is 41.6 Å². The molecule has 0 aliphatic heterocycles. The molecule has 8 heteroatoms. The predicted octanol–water partition coefficient (Wildman–Crippen LogP) is 1.22. The summed E-state index contributed by atoms with van der Waals surface area (Å²) in [4.78, 5) is 9.83. The van der Waals surface area contributed by atoms with Crippen LogP contribution in [0.4, 0.5) is 11.6 Å². The van der Waals surface area contributed by atoms with Gasteiger partial charge in [-0.3, -0.25) is 4.72 Å². The van der Waals surface area contributed by atoms with Gasteiger partial charge >= 0.3 is 0 Å². The summed E-state index contributed by atoms with van der Waals surface area (Å²) >= 11 is 0. The highest BCUT2D eigenvalue weighted by Crippen LogP contribution is 2.16. The van der Waals surface area contributed by atoms with E-state index in [4.69, 9.17) is 5.26 Å². The van der Waals surface area contributed by atoms with Gasteiger partial charge in [-0.15, -0.1) is 0 Å². The number of nitrogens with one attached hydrogen (secondary N) is 1. The van der Waals surface area contributed by atoms with E-state index in [-0.39, 0.29) is 10.6 Å². The zero-order valence-corrected chi connectivity index (χ0v) is 12.3. The first-order valence-corrected chi connectivity index (χ1v) is 7.43. The Morgan fingerprint density at radius 2 is 1.71 bits per heavy atom. The van der Waals surface area contributed by atoms with Crippen LogP contribution in [0.3, 0.4) is 0 Å². The molecule has 0 saturated carbocycles. The lowest BCUT2D eigenvalue weighted by molar-refractivity contribution is 0.601. The number of sulfonamides is 1. The highest BCUT2D eigenvalue weighted by atomic mass is 32.2. The lowest BCUT2D eigenvalue weighted by Gasteiger charge is -2.11. The van der Waals surface area contributed by atoms with Crippen molar-refractivity contribution in [3.05, 3.63) is 42.2 Å². The molecule has 21 heavy (non-hydrogen) atoms. The van der Waals surface area contributed by atoms with Crippen molar-refractivity contribution < 1.29 is 8.42 Å². The number of nitrogens with zero attached hydrogens (tertiary/aromatic N) is 4. The molecule has 0 aliphatic carbocycles. The summed E-state index contributed by atoms with van der Waals surface area (Å²) in [6.45, 7) is 0. The van der Waals surface area contributed by atoms with Gasteiger partial charge in [0.05, 0.1) is 34.6 Å². The van der Waals surface area contributed by atoms with Gasteiger partial charge in [-0.1, -0.05) is 0 Å². The van der Waals surface area contributed by atoms with Crippen molar-refractivity contribution in [3.63, 3.8) is 0 Å². The van der Waals surface area contributed by atoms with Gasteiger partial charge in [0.2, 0.25) is 5.95 Å². The van der Waals surface area contributed by atoms with Gasteiger partial charge in [-0.2, -0.15) is 5.26 Å². The number of aromatic nitrogens is 2. The van der Waals surface area contributed by atoms with Crippen LogP contribution in [0, 0.1) is 11.3 Å². The maximum Gasteiger partial charge on any atom is 0.261 e. The van der Waals surface area contributed by atoms with Crippen LogP contribution in [0.2, 0.25) is 0 Å². The van der Waals surface area contributed by atoms with Crippen molar-refractivity contribution in [1.29, 1.82) is 5.26 Å². The van der Waals surface area contributed by atoms with E-state index in [9.17, 15) is 8.42 Å². The Bertz CT molecular complexity index is 762. The van der Waals surface area contributed by atoms with E-state index < -0.39 is 10.0 Å². The minimum atomic E-state index is -3.72. The number of anilines is 2. The molecule has 1 aromatic carbocycles. The third-order valence-electron chi connectivity index (χ3n) is 2.58. The van der Waals surface area contributed by atoms with E-state index in [1.807, 2.05) is 6.07 Å². The Labute approximate surface area is 122 Å². The first-order chi connectivity index (χ1) is 9.92. The summed E-state index contributed by atoms with van der Waals surface area (Å²) in [7, 11) is -0.149. The summed E-state index contributed by atoms with van der Waals surface area (Å²) in [5.74, 6) is 0.483. The normalized spacial score (nSPS) is 10.7. The van der Waals surface area contributed by atoms with Crippen LogP contribution < -0.4 is 9.62 Å². The van der Waals surface area contributed by atoms with E-state index in [1.54, 1.807) is 19.0 Å². The van der Waals surface area contributed by atoms with Crippen LogP contribution in [-0.2, 0) is 10.0 Å². The predicted molar refractivity (Wildman–Crippen MR) is 78.3 cm³/mol. The molecule has 108 valence electrons. The lowest BCUT2D eigenvalue weighted by Crippen LogP contribution is -2.15. The standard InChI is InChI=1S/C13H13N5O2S/c1-18(2)13-15-8-11(9-16-13)17-21(19,20)12-5-3-10(7-14)4-6-12/h3-6,8-9,17H,1-2H3. The van der Waals surface area contributed by atoms with Crippen molar-refractivity contribution in [2.75, 3.05) is 23.7 Å². The zero-order chi connectivity index (χ0) is 15.5. The van der Waals surface area contributed by atoms with Crippen LogP contribution in [0.5, 0.6) is 0 Å². The molecular weight excluding hydrogens is 290 g/mol. The van der Waals surface area contributed by atoms with Crippen molar-refractivity contribution in [1.82, 2.24) is 9.97 Å². The number of hydrogen-bond donors (Lipinski definition) is 1. The molecule has 0 radical (unpaired) electrons. The molecule has 2 rings (SSSR count). The van der Waals surface area contributed by atoms with E-state index >= 15 is 0 Å². The Balaban J connectivity index is 2.22. The summed E-state index contributed by atoms with van der Waals surface area (Å²) < 4.78 is 26.7. The van der Waals surface area contributed by atoms with Gasteiger partial charge in [0.15, 0.2) is 0 Å². The van der Waals surface area contributed by atoms with Gasteiger partial charge in [-0.05, 0) is 24.3 Å². The van der Waals surface area contributed by atoms with E-state index in [0.29, 0.717) is 11.5 Å². The molecule has 2 aromatic rings. The van der Waals surface area contributed by atoms with E-state index in [0.717, 1.165) is 0 Å². The average molecular weight is 303 g/mol. The fourth-order valence-electron chi connectivity index (χ4n) is 1.53. The molecule has 0 aliphatic rings. The van der Waals surface area contributed by atoms with Crippen molar-refractivity contribution >= 4 is 21.7 Å². The van der Waals surface area contributed by atoms with Gasteiger partial charge in [-0.25, -0.2) is 18.4 Å². The summed E-state index contributed by atoms with van der Waals surface area (Å²) in [6.07, 6.45) is 2.78. The third kappa shape index (κ3) is 3.46. The summed E-state index contributed by atoms with van der Waals surface area (Å²) in [5, 5.41) is 8.70. The van der Waals surface area contributed by atoms with Crippen LogP contribution >= 0.6 is 0 Å². The van der Waals surface area contributed by atoms with Gasteiger partial charge in [0.25, 0.3) is 10.0 Å². The molecule has 0 atom stereocenters. The molecular formula is C13H13N5O2S. The molecule has 0 unspecified atom stereocenters. The minimum absolute atomic E-state index is 0.0678. The molecule has 1 aromatic heterocycles. The van der Waals surface area contributed by atoms with Gasteiger partial charge in [0.1, 0.15) is 0 Å². The number of rotatable bonds is 4. The Kier molecular flexibility index (Phi) is 4.05. The third-order valence-corrected chi connectivity index (χ3v) is 3.98. The highest BCUT2D eigenvalue weighted by Gasteiger charge is 2.14. The SMILES string of the molecule is CN(C)c1ncc(NS(=O)(=O)c2ccc(C#N)cc2)cn1. The number of nitriles is 1. The molecule has 1 heterocycles. The number of hydrogen-bond acceptors (Lipinski definition) is 6. The highest BCUT2D eigenvalue weighted by molar-refractivity contribution is 7.92. The zero-order valence-electron chi connectivity index (χ0n) is 11.5. The molecule has 1 N–H and O–H groups in total. The maximum absolute atomic E-state index is 12.2. The van der Waals surface area contributed by atoms with Gasteiger partial charge in [0, 0.05) is 14.1 Å².